The number of ether oxygens (including phenoxy) is 1. The lowest BCUT2D eigenvalue weighted by Gasteiger charge is -2.23. The molecule has 1 aliphatic heterocycles. The van der Waals surface area contributed by atoms with Crippen LogP contribution >= 0.6 is 12.2 Å². The molecule has 21 heavy (non-hydrogen) atoms. The number of Topliss-reactive ketones (excluding diaryl/α,β-unsaturated/α-hetero) is 1. The van der Waals surface area contributed by atoms with Crippen LogP contribution in [0.4, 0.5) is 5.69 Å². The van der Waals surface area contributed by atoms with Gasteiger partial charge in [0.2, 0.25) is 0 Å². The first-order valence-corrected chi connectivity index (χ1v) is 6.78. The minimum absolute atomic E-state index is 0.144. The number of fused-ring (bicyclic) bond motifs is 1. The highest BCUT2D eigenvalue weighted by Gasteiger charge is 2.39. The molecule has 1 N–H and O–H groups in total. The third-order valence-corrected chi connectivity index (χ3v) is 3.50. The largest absolute Gasteiger partial charge is 0.425 e. The van der Waals surface area contributed by atoms with Gasteiger partial charge in [-0.25, -0.2) is 0 Å². The Bertz CT molecular complexity index is 727. The standard InChI is InChI=1S/C16H11NO3S/c18-14-11-8-4-5-9-12(11)20-16(19)13(14)15(21)17-10-6-2-1-3-7-10/h1-9,13H,(H,17,21). The summed E-state index contributed by atoms with van der Waals surface area (Å²) in [6.45, 7) is 0. The minimum atomic E-state index is -1.10. The summed E-state index contributed by atoms with van der Waals surface area (Å²) in [5.41, 5.74) is 1.10. The zero-order chi connectivity index (χ0) is 14.8. The topological polar surface area (TPSA) is 55.4 Å². The zero-order valence-corrected chi connectivity index (χ0v) is 11.7. The number of carbonyl (C=O) groups is 2. The fourth-order valence-electron chi connectivity index (χ4n) is 2.15. The van der Waals surface area contributed by atoms with Crippen LogP contribution < -0.4 is 10.1 Å². The van der Waals surface area contributed by atoms with Crippen LogP contribution in [0.3, 0.4) is 0 Å². The van der Waals surface area contributed by atoms with Gasteiger partial charge in [0.25, 0.3) is 0 Å². The monoisotopic (exact) mass is 297 g/mol. The summed E-state index contributed by atoms with van der Waals surface area (Å²) < 4.78 is 5.19. The van der Waals surface area contributed by atoms with E-state index in [1.165, 1.54) is 0 Å². The molecule has 0 aromatic heterocycles. The predicted octanol–water partition coefficient (Wildman–Crippen LogP) is 2.84. The van der Waals surface area contributed by atoms with Gasteiger partial charge in [-0.05, 0) is 24.3 Å². The molecule has 0 amide bonds. The quantitative estimate of drug-likeness (QED) is 0.400. The van der Waals surface area contributed by atoms with Crippen molar-refractivity contribution < 1.29 is 14.3 Å². The Balaban J connectivity index is 1.87. The average molecular weight is 297 g/mol. The van der Waals surface area contributed by atoms with Crippen LogP contribution in [0.5, 0.6) is 5.75 Å². The van der Waals surface area contributed by atoms with Gasteiger partial charge in [-0.3, -0.25) is 9.59 Å². The van der Waals surface area contributed by atoms with Crippen molar-refractivity contribution >= 4 is 34.6 Å². The van der Waals surface area contributed by atoms with Crippen molar-refractivity contribution in [2.24, 2.45) is 5.92 Å². The molecule has 0 radical (unpaired) electrons. The fraction of sp³-hybridized carbons (Fsp3) is 0.0625. The van der Waals surface area contributed by atoms with Gasteiger partial charge in [-0.1, -0.05) is 42.5 Å². The van der Waals surface area contributed by atoms with Gasteiger partial charge in [-0.15, -0.1) is 0 Å². The molecular formula is C16H11NO3S. The second kappa shape index (κ2) is 5.46. The number of carbonyl (C=O) groups excluding carboxylic acids is 2. The van der Waals surface area contributed by atoms with E-state index in [4.69, 9.17) is 17.0 Å². The molecule has 0 saturated heterocycles. The highest BCUT2D eigenvalue weighted by molar-refractivity contribution is 7.80. The van der Waals surface area contributed by atoms with E-state index in [0.29, 0.717) is 5.56 Å². The summed E-state index contributed by atoms with van der Waals surface area (Å²) in [6.07, 6.45) is 0. The van der Waals surface area contributed by atoms with Crippen molar-refractivity contribution in [2.75, 3.05) is 5.32 Å². The predicted molar refractivity (Wildman–Crippen MR) is 82.6 cm³/mol. The minimum Gasteiger partial charge on any atom is -0.425 e. The summed E-state index contributed by atoms with van der Waals surface area (Å²) in [7, 11) is 0. The Hall–Kier alpha value is -2.53. The van der Waals surface area contributed by atoms with Gasteiger partial charge in [0.05, 0.1) is 5.56 Å². The number of anilines is 1. The molecular weight excluding hydrogens is 286 g/mol. The number of rotatable bonds is 2. The molecule has 2 aromatic carbocycles. The first-order valence-electron chi connectivity index (χ1n) is 6.37. The van der Waals surface area contributed by atoms with E-state index in [9.17, 15) is 9.59 Å². The zero-order valence-electron chi connectivity index (χ0n) is 10.9. The maximum atomic E-state index is 12.4. The first kappa shape index (κ1) is 13.5. The Kier molecular flexibility index (Phi) is 3.50. The van der Waals surface area contributed by atoms with Crippen molar-refractivity contribution in [2.45, 2.75) is 0 Å². The van der Waals surface area contributed by atoms with Crippen LogP contribution in [0.1, 0.15) is 10.4 Å². The van der Waals surface area contributed by atoms with Crippen LogP contribution in [0.25, 0.3) is 0 Å². The molecule has 0 bridgehead atoms. The van der Waals surface area contributed by atoms with E-state index >= 15 is 0 Å². The van der Waals surface area contributed by atoms with Gasteiger partial charge in [0.15, 0.2) is 11.7 Å². The molecule has 2 aromatic rings. The van der Waals surface area contributed by atoms with Crippen LogP contribution in [0, 0.1) is 5.92 Å². The SMILES string of the molecule is O=C1Oc2ccccc2C(=O)C1C(=S)Nc1ccccc1. The number of thiocarbonyl (C=S) groups is 1. The molecule has 0 fully saturated rings. The molecule has 1 unspecified atom stereocenters. The average Bonchev–Trinajstić information content (AvgIpc) is 2.48. The Morgan fingerprint density at radius 3 is 2.43 bits per heavy atom. The molecule has 3 rings (SSSR count). The third-order valence-electron chi connectivity index (χ3n) is 3.16. The van der Waals surface area contributed by atoms with Crippen molar-refractivity contribution in [3.8, 4) is 5.75 Å². The molecule has 1 atom stereocenters. The molecule has 5 heteroatoms. The van der Waals surface area contributed by atoms with E-state index in [0.717, 1.165) is 5.69 Å². The summed E-state index contributed by atoms with van der Waals surface area (Å²) >= 11 is 5.21. The molecule has 0 spiro atoms. The Morgan fingerprint density at radius 2 is 1.67 bits per heavy atom. The van der Waals surface area contributed by atoms with E-state index in [2.05, 4.69) is 5.32 Å². The number of nitrogens with one attached hydrogen (secondary N) is 1. The van der Waals surface area contributed by atoms with Gasteiger partial charge < -0.3 is 10.1 Å². The maximum Gasteiger partial charge on any atom is 0.329 e. The number of para-hydroxylation sites is 2. The summed E-state index contributed by atoms with van der Waals surface area (Å²) in [5.74, 6) is -1.80. The molecule has 1 heterocycles. The second-order valence-electron chi connectivity index (χ2n) is 4.57. The van der Waals surface area contributed by atoms with Gasteiger partial charge >= 0.3 is 5.97 Å². The van der Waals surface area contributed by atoms with Gasteiger partial charge in [0, 0.05) is 5.69 Å². The third kappa shape index (κ3) is 2.55. The summed E-state index contributed by atoms with van der Waals surface area (Å²) in [5, 5.41) is 2.91. The Morgan fingerprint density at radius 1 is 1.00 bits per heavy atom. The normalized spacial score (nSPS) is 16.9. The number of ketones is 1. The van der Waals surface area contributed by atoms with Crippen LogP contribution in [-0.2, 0) is 4.79 Å². The molecule has 4 nitrogen and oxygen atoms in total. The fourth-order valence-corrected chi connectivity index (χ4v) is 2.47. The first-order chi connectivity index (χ1) is 10.2. The van der Waals surface area contributed by atoms with Crippen molar-refractivity contribution in [1.29, 1.82) is 0 Å². The lowest BCUT2D eigenvalue weighted by Crippen LogP contribution is -2.40. The van der Waals surface area contributed by atoms with Crippen molar-refractivity contribution in [1.82, 2.24) is 0 Å². The van der Waals surface area contributed by atoms with Crippen molar-refractivity contribution in [3.05, 3.63) is 60.2 Å². The highest BCUT2D eigenvalue weighted by atomic mass is 32.1. The lowest BCUT2D eigenvalue weighted by atomic mass is 9.94. The van der Waals surface area contributed by atoms with Crippen LogP contribution in [0.15, 0.2) is 54.6 Å². The lowest BCUT2D eigenvalue weighted by molar-refractivity contribution is -0.135. The molecule has 104 valence electrons. The van der Waals surface area contributed by atoms with E-state index in [1.807, 2.05) is 18.2 Å². The maximum absolute atomic E-state index is 12.4. The van der Waals surface area contributed by atoms with Gasteiger partial charge in [-0.2, -0.15) is 0 Å². The van der Waals surface area contributed by atoms with Crippen LogP contribution in [-0.4, -0.2) is 16.7 Å². The second-order valence-corrected chi connectivity index (χ2v) is 5.01. The van der Waals surface area contributed by atoms with E-state index in [-0.39, 0.29) is 16.5 Å². The Labute approximate surface area is 126 Å². The number of hydrogen-bond acceptors (Lipinski definition) is 4. The van der Waals surface area contributed by atoms with E-state index < -0.39 is 11.9 Å². The van der Waals surface area contributed by atoms with E-state index in [1.54, 1.807) is 36.4 Å². The molecule has 0 aliphatic carbocycles. The smallest absolute Gasteiger partial charge is 0.329 e. The van der Waals surface area contributed by atoms with Crippen LogP contribution in [0.2, 0.25) is 0 Å². The number of hydrogen-bond donors (Lipinski definition) is 1. The van der Waals surface area contributed by atoms with Crippen molar-refractivity contribution in [3.63, 3.8) is 0 Å². The summed E-state index contributed by atoms with van der Waals surface area (Å²) in [4.78, 5) is 24.6. The van der Waals surface area contributed by atoms with Gasteiger partial charge in [0.1, 0.15) is 10.7 Å². The summed E-state index contributed by atoms with van der Waals surface area (Å²) in [6, 6.07) is 15.8. The highest BCUT2D eigenvalue weighted by Crippen LogP contribution is 2.28. The number of benzene rings is 2. The number of esters is 1. The molecule has 0 saturated carbocycles. The molecule has 1 aliphatic rings.